The van der Waals surface area contributed by atoms with Gasteiger partial charge < -0.3 is 9.64 Å². The molecule has 1 aliphatic heterocycles. The zero-order valence-electron chi connectivity index (χ0n) is 15.9. The molecule has 0 aliphatic carbocycles. The van der Waals surface area contributed by atoms with Crippen LogP contribution in [0.2, 0.25) is 0 Å². The van der Waals surface area contributed by atoms with E-state index in [1.807, 2.05) is 27.7 Å². The lowest BCUT2D eigenvalue weighted by atomic mass is 10.2. The van der Waals surface area contributed by atoms with Crippen molar-refractivity contribution >= 4 is 22.0 Å². The highest BCUT2D eigenvalue weighted by atomic mass is 32.2. The minimum Gasteiger partial charge on any atom is -0.372 e. The number of sulfonamides is 1. The Hall–Kier alpha value is -1.70. The van der Waals surface area contributed by atoms with Gasteiger partial charge in [-0.15, -0.1) is 0 Å². The molecule has 144 valence electrons. The van der Waals surface area contributed by atoms with Crippen molar-refractivity contribution in [1.29, 1.82) is 0 Å². The Morgan fingerprint density at radius 1 is 1.15 bits per heavy atom. The first-order chi connectivity index (χ1) is 12.3. The SMILES string of the molecule is CCN(CC)S(=O)(=O)c1ccc(C=CC(=O)N2CC(C)OC(C)C2)cc1. The zero-order chi connectivity index (χ0) is 19.3. The third-order valence-electron chi connectivity index (χ3n) is 4.37. The van der Waals surface area contributed by atoms with E-state index in [4.69, 9.17) is 4.74 Å². The fraction of sp³-hybridized carbons (Fsp3) is 0.526. The number of amides is 1. The highest BCUT2D eigenvalue weighted by Crippen LogP contribution is 2.17. The van der Waals surface area contributed by atoms with E-state index in [0.29, 0.717) is 26.2 Å². The summed E-state index contributed by atoms with van der Waals surface area (Å²) in [4.78, 5) is 14.4. The molecule has 1 fully saturated rings. The maximum atomic E-state index is 12.5. The fourth-order valence-corrected chi connectivity index (χ4v) is 4.55. The van der Waals surface area contributed by atoms with Gasteiger partial charge in [0.2, 0.25) is 15.9 Å². The number of carbonyl (C=O) groups excluding carboxylic acids is 1. The summed E-state index contributed by atoms with van der Waals surface area (Å²) in [5.41, 5.74) is 0.784. The Kier molecular flexibility index (Phi) is 6.97. The summed E-state index contributed by atoms with van der Waals surface area (Å²) < 4.78 is 32.0. The molecule has 7 heteroatoms. The molecule has 0 saturated carbocycles. The van der Waals surface area contributed by atoms with Gasteiger partial charge in [-0.3, -0.25) is 4.79 Å². The second-order valence-corrected chi connectivity index (χ2v) is 8.43. The van der Waals surface area contributed by atoms with E-state index in [-0.39, 0.29) is 23.0 Å². The maximum absolute atomic E-state index is 12.5. The Balaban J connectivity index is 2.07. The molecular weight excluding hydrogens is 352 g/mol. The molecule has 0 bridgehead atoms. The van der Waals surface area contributed by atoms with Crippen molar-refractivity contribution in [3.8, 4) is 0 Å². The Labute approximate surface area is 156 Å². The summed E-state index contributed by atoms with van der Waals surface area (Å²) in [6, 6.07) is 6.59. The van der Waals surface area contributed by atoms with Crippen molar-refractivity contribution in [2.75, 3.05) is 26.2 Å². The lowest BCUT2D eigenvalue weighted by Gasteiger charge is -2.34. The van der Waals surface area contributed by atoms with Gasteiger partial charge in [-0.1, -0.05) is 26.0 Å². The van der Waals surface area contributed by atoms with Gasteiger partial charge in [0.15, 0.2) is 0 Å². The first-order valence-corrected chi connectivity index (χ1v) is 10.4. The number of nitrogens with zero attached hydrogens (tertiary/aromatic N) is 2. The minimum atomic E-state index is -3.46. The molecule has 1 saturated heterocycles. The first kappa shape index (κ1) is 20.6. The third kappa shape index (κ3) is 4.93. The Bertz CT molecular complexity index is 729. The quantitative estimate of drug-likeness (QED) is 0.711. The van der Waals surface area contributed by atoms with Gasteiger partial charge in [-0.05, 0) is 37.6 Å². The van der Waals surface area contributed by atoms with Crippen LogP contribution in [0.4, 0.5) is 0 Å². The smallest absolute Gasteiger partial charge is 0.246 e. The predicted octanol–water partition coefficient (Wildman–Crippen LogP) is 2.37. The fourth-order valence-electron chi connectivity index (χ4n) is 3.09. The van der Waals surface area contributed by atoms with E-state index in [1.54, 1.807) is 35.2 Å². The average Bonchev–Trinajstić information content (AvgIpc) is 2.60. The summed E-state index contributed by atoms with van der Waals surface area (Å²) in [7, 11) is -3.46. The van der Waals surface area contributed by atoms with E-state index >= 15 is 0 Å². The van der Waals surface area contributed by atoms with E-state index in [9.17, 15) is 13.2 Å². The van der Waals surface area contributed by atoms with Gasteiger partial charge in [0.05, 0.1) is 17.1 Å². The van der Waals surface area contributed by atoms with Crippen LogP contribution in [0.15, 0.2) is 35.2 Å². The summed E-state index contributed by atoms with van der Waals surface area (Å²) in [6.07, 6.45) is 3.29. The van der Waals surface area contributed by atoms with Crippen LogP contribution >= 0.6 is 0 Å². The number of ether oxygens (including phenoxy) is 1. The van der Waals surface area contributed by atoms with Gasteiger partial charge in [0.1, 0.15) is 0 Å². The molecule has 1 heterocycles. The number of morpholine rings is 1. The van der Waals surface area contributed by atoms with Crippen LogP contribution in [0.25, 0.3) is 6.08 Å². The predicted molar refractivity (Wildman–Crippen MR) is 102 cm³/mol. The molecule has 1 aliphatic rings. The number of hydrogen-bond acceptors (Lipinski definition) is 4. The van der Waals surface area contributed by atoms with E-state index in [0.717, 1.165) is 5.56 Å². The van der Waals surface area contributed by atoms with Gasteiger partial charge in [-0.25, -0.2) is 8.42 Å². The molecule has 0 spiro atoms. The Morgan fingerprint density at radius 2 is 1.69 bits per heavy atom. The summed E-state index contributed by atoms with van der Waals surface area (Å²) >= 11 is 0. The molecule has 0 aromatic heterocycles. The van der Waals surface area contributed by atoms with Crippen LogP contribution in [-0.4, -0.2) is 61.9 Å². The molecule has 1 amide bonds. The summed E-state index contributed by atoms with van der Waals surface area (Å²) in [5.74, 6) is -0.0631. The normalized spacial score (nSPS) is 21.5. The maximum Gasteiger partial charge on any atom is 0.246 e. The van der Waals surface area contributed by atoms with Crippen LogP contribution in [0.1, 0.15) is 33.3 Å². The summed E-state index contributed by atoms with van der Waals surface area (Å²) in [5, 5.41) is 0. The highest BCUT2D eigenvalue weighted by Gasteiger charge is 2.24. The highest BCUT2D eigenvalue weighted by molar-refractivity contribution is 7.89. The average molecular weight is 381 g/mol. The number of benzene rings is 1. The first-order valence-electron chi connectivity index (χ1n) is 9.00. The lowest BCUT2D eigenvalue weighted by Crippen LogP contribution is -2.47. The molecule has 2 rings (SSSR count). The number of carbonyl (C=O) groups is 1. The third-order valence-corrected chi connectivity index (χ3v) is 6.44. The topological polar surface area (TPSA) is 66.9 Å². The molecule has 0 N–H and O–H groups in total. The van der Waals surface area contributed by atoms with Crippen LogP contribution < -0.4 is 0 Å². The monoisotopic (exact) mass is 380 g/mol. The van der Waals surface area contributed by atoms with Crippen LogP contribution in [0, 0.1) is 0 Å². The van der Waals surface area contributed by atoms with Gasteiger partial charge in [0, 0.05) is 32.3 Å². The second-order valence-electron chi connectivity index (χ2n) is 6.49. The van der Waals surface area contributed by atoms with Crippen molar-refractivity contribution in [2.45, 2.75) is 44.8 Å². The zero-order valence-corrected chi connectivity index (χ0v) is 16.7. The number of hydrogen-bond donors (Lipinski definition) is 0. The van der Waals surface area contributed by atoms with Crippen LogP contribution in [-0.2, 0) is 19.6 Å². The Morgan fingerprint density at radius 3 is 2.19 bits per heavy atom. The van der Waals surface area contributed by atoms with E-state index in [2.05, 4.69) is 0 Å². The molecule has 1 aromatic carbocycles. The van der Waals surface area contributed by atoms with Gasteiger partial charge >= 0.3 is 0 Å². The molecule has 2 atom stereocenters. The molecule has 26 heavy (non-hydrogen) atoms. The second kappa shape index (κ2) is 8.79. The van der Waals surface area contributed by atoms with Gasteiger partial charge in [0.25, 0.3) is 0 Å². The van der Waals surface area contributed by atoms with Crippen molar-refractivity contribution in [3.63, 3.8) is 0 Å². The molecule has 1 aromatic rings. The molecule has 2 unspecified atom stereocenters. The van der Waals surface area contributed by atoms with Crippen molar-refractivity contribution < 1.29 is 17.9 Å². The van der Waals surface area contributed by atoms with Crippen molar-refractivity contribution in [1.82, 2.24) is 9.21 Å². The van der Waals surface area contributed by atoms with Crippen LogP contribution in [0.5, 0.6) is 0 Å². The van der Waals surface area contributed by atoms with Gasteiger partial charge in [-0.2, -0.15) is 4.31 Å². The summed E-state index contributed by atoms with van der Waals surface area (Å²) in [6.45, 7) is 9.57. The van der Waals surface area contributed by atoms with Crippen molar-refractivity contribution in [3.05, 3.63) is 35.9 Å². The minimum absolute atomic E-state index is 0.0284. The molecule has 0 radical (unpaired) electrons. The molecular formula is C19H28N2O4S. The van der Waals surface area contributed by atoms with Crippen molar-refractivity contribution in [2.24, 2.45) is 0 Å². The number of rotatable bonds is 6. The largest absolute Gasteiger partial charge is 0.372 e. The van der Waals surface area contributed by atoms with E-state index < -0.39 is 10.0 Å². The molecule has 6 nitrogen and oxygen atoms in total. The van der Waals surface area contributed by atoms with Crippen LogP contribution in [0.3, 0.4) is 0 Å². The standard InChI is InChI=1S/C19H28N2O4S/c1-5-21(6-2)26(23,24)18-10-7-17(8-11-18)9-12-19(22)20-13-15(3)25-16(4)14-20/h7-12,15-16H,5-6,13-14H2,1-4H3. The van der Waals surface area contributed by atoms with E-state index in [1.165, 1.54) is 10.4 Å². The lowest BCUT2D eigenvalue weighted by molar-refractivity contribution is -0.137.